The summed E-state index contributed by atoms with van der Waals surface area (Å²) in [5.74, 6) is 0.369. The van der Waals surface area contributed by atoms with Crippen molar-refractivity contribution < 1.29 is 14.5 Å². The number of carbonyl (C=O) groups is 1. The Morgan fingerprint density at radius 1 is 1.18 bits per heavy atom. The van der Waals surface area contributed by atoms with Crippen molar-refractivity contribution in [2.75, 3.05) is 14.1 Å². The summed E-state index contributed by atoms with van der Waals surface area (Å²) in [5.41, 5.74) is 1.47. The van der Waals surface area contributed by atoms with Crippen LogP contribution in [0.5, 0.6) is 5.75 Å². The first-order valence-corrected chi connectivity index (χ1v) is 6.65. The van der Waals surface area contributed by atoms with Crippen LogP contribution in [0.2, 0.25) is 0 Å². The molecule has 0 bridgehead atoms. The molecule has 6 heteroatoms. The van der Waals surface area contributed by atoms with E-state index in [1.54, 1.807) is 50.5 Å². The number of rotatable bonds is 5. The van der Waals surface area contributed by atoms with Crippen molar-refractivity contribution in [2.24, 2.45) is 0 Å². The molecule has 114 valence electrons. The fourth-order valence-corrected chi connectivity index (χ4v) is 1.86. The highest BCUT2D eigenvalue weighted by molar-refractivity contribution is 5.93. The first-order valence-electron chi connectivity index (χ1n) is 6.65. The second-order valence-corrected chi connectivity index (χ2v) is 4.94. The highest BCUT2D eigenvalue weighted by Gasteiger charge is 2.08. The van der Waals surface area contributed by atoms with Crippen LogP contribution in [0.4, 0.5) is 5.69 Å². The van der Waals surface area contributed by atoms with E-state index in [2.05, 4.69) is 0 Å². The molecule has 22 heavy (non-hydrogen) atoms. The summed E-state index contributed by atoms with van der Waals surface area (Å²) in [6, 6.07) is 13.1. The summed E-state index contributed by atoms with van der Waals surface area (Å²) < 4.78 is 5.53. The van der Waals surface area contributed by atoms with Crippen LogP contribution in [0.3, 0.4) is 0 Å². The van der Waals surface area contributed by atoms with Gasteiger partial charge in [-0.3, -0.25) is 14.9 Å². The van der Waals surface area contributed by atoms with Crippen LogP contribution >= 0.6 is 0 Å². The van der Waals surface area contributed by atoms with E-state index in [4.69, 9.17) is 4.74 Å². The minimum atomic E-state index is -0.464. The number of nitro groups is 1. The van der Waals surface area contributed by atoms with E-state index in [1.807, 2.05) is 0 Å². The van der Waals surface area contributed by atoms with Gasteiger partial charge >= 0.3 is 0 Å². The van der Waals surface area contributed by atoms with Gasteiger partial charge in [-0.2, -0.15) is 0 Å². The highest BCUT2D eigenvalue weighted by Crippen LogP contribution is 2.20. The number of ether oxygens (including phenoxy) is 1. The number of benzene rings is 2. The molecule has 0 unspecified atom stereocenters. The van der Waals surface area contributed by atoms with Crippen LogP contribution in [-0.4, -0.2) is 29.8 Å². The molecule has 0 aliphatic carbocycles. The van der Waals surface area contributed by atoms with E-state index in [9.17, 15) is 14.9 Å². The van der Waals surface area contributed by atoms with Gasteiger partial charge in [0.15, 0.2) is 0 Å². The third-order valence-corrected chi connectivity index (χ3v) is 3.04. The molecule has 1 amide bonds. The first-order chi connectivity index (χ1) is 10.5. The number of nitrogens with zero attached hydrogens (tertiary/aromatic N) is 2. The largest absolute Gasteiger partial charge is 0.489 e. The average molecular weight is 300 g/mol. The second-order valence-electron chi connectivity index (χ2n) is 4.94. The van der Waals surface area contributed by atoms with Gasteiger partial charge in [0.2, 0.25) is 0 Å². The molecule has 2 aromatic carbocycles. The van der Waals surface area contributed by atoms with E-state index in [0.29, 0.717) is 11.3 Å². The summed E-state index contributed by atoms with van der Waals surface area (Å²) in [6.07, 6.45) is 0. The summed E-state index contributed by atoms with van der Waals surface area (Å²) in [5, 5.41) is 10.7. The van der Waals surface area contributed by atoms with Gasteiger partial charge < -0.3 is 9.64 Å². The van der Waals surface area contributed by atoms with Gasteiger partial charge in [-0.15, -0.1) is 0 Å². The monoisotopic (exact) mass is 300 g/mol. The number of carbonyl (C=O) groups excluding carboxylic acids is 1. The van der Waals surface area contributed by atoms with Gasteiger partial charge in [-0.05, 0) is 23.8 Å². The molecule has 0 N–H and O–H groups in total. The van der Waals surface area contributed by atoms with Crippen LogP contribution in [0, 0.1) is 10.1 Å². The average Bonchev–Trinajstić information content (AvgIpc) is 2.53. The Balaban J connectivity index is 2.01. The van der Waals surface area contributed by atoms with Gasteiger partial charge in [-0.1, -0.05) is 18.2 Å². The molecule has 0 atom stereocenters. The molecular formula is C16H16N2O4. The summed E-state index contributed by atoms with van der Waals surface area (Å²) in [6.45, 7) is 0.275. The number of non-ortho nitro benzene ring substituents is 1. The lowest BCUT2D eigenvalue weighted by Crippen LogP contribution is -2.21. The van der Waals surface area contributed by atoms with Gasteiger partial charge in [0.05, 0.1) is 11.0 Å². The Kier molecular flexibility index (Phi) is 4.73. The molecule has 0 aliphatic rings. The minimum absolute atomic E-state index is 0.00979. The molecule has 0 radical (unpaired) electrons. The zero-order valence-electron chi connectivity index (χ0n) is 12.4. The summed E-state index contributed by atoms with van der Waals surface area (Å²) in [7, 11) is 3.39. The first kappa shape index (κ1) is 15.5. The zero-order chi connectivity index (χ0) is 16.1. The topological polar surface area (TPSA) is 72.7 Å². The minimum Gasteiger partial charge on any atom is -0.489 e. The van der Waals surface area contributed by atoms with E-state index in [0.717, 1.165) is 5.56 Å². The van der Waals surface area contributed by atoms with Crippen molar-refractivity contribution in [3.05, 3.63) is 69.8 Å². The molecule has 2 aromatic rings. The Labute approximate surface area is 128 Å². The zero-order valence-corrected chi connectivity index (χ0v) is 12.4. The molecule has 0 heterocycles. The van der Waals surface area contributed by atoms with Crippen molar-refractivity contribution in [1.82, 2.24) is 4.90 Å². The Morgan fingerprint density at radius 2 is 1.86 bits per heavy atom. The highest BCUT2D eigenvalue weighted by atomic mass is 16.6. The molecule has 0 spiro atoms. The SMILES string of the molecule is CN(C)C(=O)c1ccc(COc2cccc([N+](=O)[O-])c2)cc1. The maximum Gasteiger partial charge on any atom is 0.273 e. The van der Waals surface area contributed by atoms with Crippen molar-refractivity contribution in [1.29, 1.82) is 0 Å². The summed E-state index contributed by atoms with van der Waals surface area (Å²) >= 11 is 0. The maximum atomic E-state index is 11.8. The number of hydrogen-bond acceptors (Lipinski definition) is 4. The number of hydrogen-bond donors (Lipinski definition) is 0. The maximum absolute atomic E-state index is 11.8. The lowest BCUT2D eigenvalue weighted by atomic mass is 10.1. The Bertz CT molecular complexity index is 681. The smallest absolute Gasteiger partial charge is 0.273 e. The Morgan fingerprint density at radius 3 is 2.45 bits per heavy atom. The fraction of sp³-hybridized carbons (Fsp3) is 0.188. The van der Waals surface area contributed by atoms with Crippen LogP contribution in [0.1, 0.15) is 15.9 Å². The third-order valence-electron chi connectivity index (χ3n) is 3.04. The predicted molar refractivity (Wildman–Crippen MR) is 81.9 cm³/mol. The standard InChI is InChI=1S/C16H16N2O4/c1-17(2)16(19)13-8-6-12(7-9-13)11-22-15-5-3-4-14(10-15)18(20)21/h3-10H,11H2,1-2H3. The molecule has 0 saturated carbocycles. The number of amides is 1. The van der Waals surface area contributed by atoms with Gasteiger partial charge in [0.1, 0.15) is 12.4 Å². The molecule has 0 fully saturated rings. The Hall–Kier alpha value is -2.89. The van der Waals surface area contributed by atoms with Crippen molar-refractivity contribution in [2.45, 2.75) is 6.61 Å². The molecule has 0 aliphatic heterocycles. The molecule has 0 aromatic heterocycles. The van der Waals surface area contributed by atoms with Gasteiger partial charge in [0.25, 0.3) is 11.6 Å². The van der Waals surface area contributed by atoms with Crippen LogP contribution in [-0.2, 0) is 6.61 Å². The number of nitro benzene ring substituents is 1. The molecular weight excluding hydrogens is 284 g/mol. The van der Waals surface area contributed by atoms with E-state index in [1.165, 1.54) is 17.0 Å². The summed E-state index contributed by atoms with van der Waals surface area (Å²) in [4.78, 5) is 23.5. The van der Waals surface area contributed by atoms with Crippen molar-refractivity contribution in [3.63, 3.8) is 0 Å². The van der Waals surface area contributed by atoms with Gasteiger partial charge in [-0.25, -0.2) is 0 Å². The van der Waals surface area contributed by atoms with Crippen LogP contribution < -0.4 is 4.74 Å². The van der Waals surface area contributed by atoms with E-state index >= 15 is 0 Å². The quantitative estimate of drug-likeness (QED) is 0.628. The van der Waals surface area contributed by atoms with Crippen molar-refractivity contribution in [3.8, 4) is 5.75 Å². The van der Waals surface area contributed by atoms with Crippen LogP contribution in [0.25, 0.3) is 0 Å². The predicted octanol–water partition coefficient (Wildman–Crippen LogP) is 2.88. The lowest BCUT2D eigenvalue weighted by molar-refractivity contribution is -0.384. The van der Waals surface area contributed by atoms with E-state index < -0.39 is 4.92 Å². The normalized spacial score (nSPS) is 10.1. The molecule has 6 nitrogen and oxygen atoms in total. The second kappa shape index (κ2) is 6.71. The van der Waals surface area contributed by atoms with Crippen molar-refractivity contribution >= 4 is 11.6 Å². The van der Waals surface area contributed by atoms with Crippen LogP contribution in [0.15, 0.2) is 48.5 Å². The van der Waals surface area contributed by atoms with E-state index in [-0.39, 0.29) is 18.2 Å². The third kappa shape index (κ3) is 3.82. The lowest BCUT2D eigenvalue weighted by Gasteiger charge is -2.11. The molecule has 0 saturated heterocycles. The fourth-order valence-electron chi connectivity index (χ4n) is 1.86. The van der Waals surface area contributed by atoms with Gasteiger partial charge in [0, 0.05) is 25.7 Å². The molecule has 2 rings (SSSR count).